The monoisotopic (exact) mass is 367 g/mol. The van der Waals surface area contributed by atoms with Crippen molar-refractivity contribution in [3.05, 3.63) is 28.5 Å². The molecular weight excluding hydrogens is 357 g/mol. The molecule has 1 heterocycles. The van der Waals surface area contributed by atoms with Gasteiger partial charge in [0.25, 0.3) is 0 Å². The Labute approximate surface area is 123 Å². The Morgan fingerprint density at radius 1 is 1.50 bits per heavy atom. The lowest BCUT2D eigenvalue weighted by molar-refractivity contribution is -0.153. The van der Waals surface area contributed by atoms with Gasteiger partial charge in [-0.3, -0.25) is 0 Å². The number of ether oxygens (including phenoxy) is 1. The molecule has 0 saturated carbocycles. The number of morpholine rings is 1. The number of nitrogens with zero attached hydrogens (tertiary/aromatic N) is 1. The van der Waals surface area contributed by atoms with E-state index in [0.29, 0.717) is 0 Å². The molecule has 9 heteroatoms. The Bertz CT molecular complexity index is 636. The Hall–Kier alpha value is -1.03. The molecule has 0 bridgehead atoms. The summed E-state index contributed by atoms with van der Waals surface area (Å²) in [5.74, 6) is -2.15. The van der Waals surface area contributed by atoms with Gasteiger partial charge in [0, 0.05) is 6.54 Å². The molecule has 1 aliphatic heterocycles. The number of halogens is 2. The first-order chi connectivity index (χ1) is 9.34. The predicted octanol–water partition coefficient (Wildman–Crippen LogP) is 1.06. The average Bonchev–Trinajstić information content (AvgIpc) is 2.41. The van der Waals surface area contributed by atoms with Gasteiger partial charge in [0.1, 0.15) is 4.90 Å². The molecule has 1 N–H and O–H groups in total. The molecule has 1 aliphatic rings. The van der Waals surface area contributed by atoms with Crippen molar-refractivity contribution in [2.24, 2.45) is 0 Å². The summed E-state index contributed by atoms with van der Waals surface area (Å²) in [6.45, 7) is -0.409. The van der Waals surface area contributed by atoms with Crippen LogP contribution in [0.25, 0.3) is 0 Å². The molecular formula is C11H11BrFNO5S. The van der Waals surface area contributed by atoms with Crippen molar-refractivity contribution in [1.29, 1.82) is 0 Å². The highest BCUT2D eigenvalue weighted by atomic mass is 79.9. The van der Waals surface area contributed by atoms with Crippen LogP contribution in [0, 0.1) is 5.82 Å². The van der Waals surface area contributed by atoms with Crippen LogP contribution >= 0.6 is 15.9 Å². The largest absolute Gasteiger partial charge is 0.479 e. The summed E-state index contributed by atoms with van der Waals surface area (Å²) in [4.78, 5) is 10.4. The molecule has 1 saturated heterocycles. The van der Waals surface area contributed by atoms with Crippen LogP contribution in [0.3, 0.4) is 0 Å². The maximum Gasteiger partial charge on any atom is 0.334 e. The van der Waals surface area contributed by atoms with Gasteiger partial charge >= 0.3 is 5.97 Å². The van der Waals surface area contributed by atoms with Crippen molar-refractivity contribution in [1.82, 2.24) is 4.31 Å². The molecule has 2 rings (SSSR count). The quantitative estimate of drug-likeness (QED) is 0.863. The molecule has 0 radical (unpaired) electrons. The summed E-state index contributed by atoms with van der Waals surface area (Å²) in [6, 6.07) is 3.92. The van der Waals surface area contributed by atoms with Crippen molar-refractivity contribution in [2.75, 3.05) is 19.7 Å². The van der Waals surface area contributed by atoms with E-state index in [4.69, 9.17) is 9.84 Å². The van der Waals surface area contributed by atoms with Crippen molar-refractivity contribution in [3.8, 4) is 0 Å². The number of carboxylic acid groups (broad SMARTS) is 1. The number of aliphatic carboxylic acids is 1. The number of hydrogen-bond acceptors (Lipinski definition) is 4. The molecule has 0 aromatic heterocycles. The first kappa shape index (κ1) is 15.4. The summed E-state index contributed by atoms with van der Waals surface area (Å²) in [5, 5.41) is 8.86. The molecule has 6 nitrogen and oxygen atoms in total. The Morgan fingerprint density at radius 3 is 2.85 bits per heavy atom. The van der Waals surface area contributed by atoms with E-state index in [1.54, 1.807) is 0 Å². The van der Waals surface area contributed by atoms with Gasteiger partial charge in [-0.1, -0.05) is 6.07 Å². The van der Waals surface area contributed by atoms with Crippen LogP contribution in [0.2, 0.25) is 0 Å². The maximum atomic E-state index is 13.9. The molecule has 110 valence electrons. The standard InChI is InChI=1S/C11H11BrFNO5S/c12-7-2-1-3-9(10(7)13)20(17,18)14-4-5-19-8(6-14)11(15)16/h1-3,8H,4-6H2,(H,15,16). The van der Waals surface area contributed by atoms with Gasteiger partial charge in [0.15, 0.2) is 11.9 Å². The topological polar surface area (TPSA) is 83.9 Å². The Morgan fingerprint density at radius 2 is 2.20 bits per heavy atom. The van der Waals surface area contributed by atoms with E-state index in [2.05, 4.69) is 15.9 Å². The van der Waals surface area contributed by atoms with E-state index in [1.807, 2.05) is 0 Å². The summed E-state index contributed by atoms with van der Waals surface area (Å²) < 4.78 is 44.5. The third kappa shape index (κ3) is 2.85. The molecule has 1 fully saturated rings. The van der Waals surface area contributed by atoms with Crippen molar-refractivity contribution in [3.63, 3.8) is 0 Å². The van der Waals surface area contributed by atoms with E-state index in [-0.39, 0.29) is 24.2 Å². The molecule has 1 unspecified atom stereocenters. The second-order valence-electron chi connectivity index (χ2n) is 4.11. The number of carbonyl (C=O) groups is 1. The SMILES string of the molecule is O=C(O)C1CN(S(=O)(=O)c2cccc(Br)c2F)CCO1. The smallest absolute Gasteiger partial charge is 0.334 e. The zero-order chi connectivity index (χ0) is 14.9. The van der Waals surface area contributed by atoms with Crippen LogP contribution < -0.4 is 0 Å². The minimum atomic E-state index is -4.10. The molecule has 20 heavy (non-hydrogen) atoms. The summed E-state index contributed by atoms with van der Waals surface area (Å²) in [5.41, 5.74) is 0. The van der Waals surface area contributed by atoms with Gasteiger partial charge in [0.2, 0.25) is 10.0 Å². The summed E-state index contributed by atoms with van der Waals surface area (Å²) in [7, 11) is -4.10. The van der Waals surface area contributed by atoms with Crippen molar-refractivity contribution >= 4 is 31.9 Å². The van der Waals surface area contributed by atoms with E-state index >= 15 is 0 Å². The average molecular weight is 368 g/mol. The Balaban J connectivity index is 2.35. The van der Waals surface area contributed by atoms with Crippen LogP contribution in [0.5, 0.6) is 0 Å². The fraction of sp³-hybridized carbons (Fsp3) is 0.364. The van der Waals surface area contributed by atoms with E-state index in [9.17, 15) is 17.6 Å². The fourth-order valence-electron chi connectivity index (χ4n) is 1.82. The summed E-state index contributed by atoms with van der Waals surface area (Å²) >= 11 is 2.92. The molecule has 0 spiro atoms. The lowest BCUT2D eigenvalue weighted by Gasteiger charge is -2.30. The van der Waals surface area contributed by atoms with Crippen molar-refractivity contribution in [2.45, 2.75) is 11.0 Å². The van der Waals surface area contributed by atoms with Crippen LogP contribution in [0.4, 0.5) is 4.39 Å². The van der Waals surface area contributed by atoms with Gasteiger partial charge in [-0.05, 0) is 28.1 Å². The number of rotatable bonds is 3. The lowest BCUT2D eigenvalue weighted by Crippen LogP contribution is -2.48. The van der Waals surface area contributed by atoms with Gasteiger partial charge in [-0.2, -0.15) is 4.31 Å². The third-order valence-corrected chi connectivity index (χ3v) is 5.33. The Kier molecular flexibility index (Phi) is 4.43. The third-order valence-electron chi connectivity index (χ3n) is 2.84. The summed E-state index contributed by atoms with van der Waals surface area (Å²) in [6.07, 6.45) is -1.24. The molecule has 1 aromatic rings. The van der Waals surface area contributed by atoms with Crippen LogP contribution in [0.1, 0.15) is 0 Å². The van der Waals surface area contributed by atoms with E-state index in [0.717, 1.165) is 10.4 Å². The number of benzene rings is 1. The van der Waals surface area contributed by atoms with Gasteiger partial charge in [0.05, 0.1) is 17.6 Å². The second-order valence-corrected chi connectivity index (χ2v) is 6.87. The lowest BCUT2D eigenvalue weighted by atomic mass is 10.3. The molecule has 0 aliphatic carbocycles. The fourth-order valence-corrected chi connectivity index (χ4v) is 3.82. The van der Waals surface area contributed by atoms with Crippen LogP contribution in [-0.4, -0.2) is 49.6 Å². The minimum absolute atomic E-state index is 0.0158. The number of carboxylic acids is 1. The van der Waals surface area contributed by atoms with Gasteiger partial charge in [-0.15, -0.1) is 0 Å². The zero-order valence-corrected chi connectivity index (χ0v) is 12.5. The zero-order valence-electron chi connectivity index (χ0n) is 10.1. The first-order valence-electron chi connectivity index (χ1n) is 5.62. The molecule has 1 aromatic carbocycles. The highest BCUT2D eigenvalue weighted by molar-refractivity contribution is 9.10. The highest BCUT2D eigenvalue weighted by Gasteiger charge is 2.35. The van der Waals surface area contributed by atoms with Crippen LogP contribution in [0.15, 0.2) is 27.6 Å². The minimum Gasteiger partial charge on any atom is -0.479 e. The van der Waals surface area contributed by atoms with Gasteiger partial charge in [-0.25, -0.2) is 17.6 Å². The van der Waals surface area contributed by atoms with E-state index < -0.39 is 32.8 Å². The maximum absolute atomic E-state index is 13.9. The van der Waals surface area contributed by atoms with Crippen molar-refractivity contribution < 1.29 is 27.4 Å². The number of sulfonamides is 1. The van der Waals surface area contributed by atoms with E-state index in [1.165, 1.54) is 12.1 Å². The molecule has 0 amide bonds. The van der Waals surface area contributed by atoms with Crippen LogP contribution in [-0.2, 0) is 19.6 Å². The second kappa shape index (κ2) is 5.76. The number of hydrogen-bond donors (Lipinski definition) is 1. The predicted molar refractivity (Wildman–Crippen MR) is 70.2 cm³/mol. The molecule has 1 atom stereocenters. The highest BCUT2D eigenvalue weighted by Crippen LogP contribution is 2.26. The normalized spacial score (nSPS) is 20.8. The van der Waals surface area contributed by atoms with Gasteiger partial charge < -0.3 is 9.84 Å². The first-order valence-corrected chi connectivity index (χ1v) is 7.86.